The molecule has 152 valence electrons. The van der Waals surface area contributed by atoms with Gasteiger partial charge in [-0.05, 0) is 24.6 Å². The van der Waals surface area contributed by atoms with E-state index in [0.717, 1.165) is 15.8 Å². The fraction of sp³-hybridized carbons (Fsp3) is 0.182. The molecule has 8 heteroatoms. The van der Waals surface area contributed by atoms with Crippen LogP contribution in [0.2, 0.25) is 0 Å². The Morgan fingerprint density at radius 2 is 1.90 bits per heavy atom. The lowest BCUT2D eigenvalue weighted by atomic mass is 10.2. The summed E-state index contributed by atoms with van der Waals surface area (Å²) in [5.74, 6) is 0.118. The van der Waals surface area contributed by atoms with E-state index in [4.69, 9.17) is 4.74 Å². The number of fused-ring (bicyclic) bond motifs is 1. The molecule has 0 saturated heterocycles. The first-order valence-corrected chi connectivity index (χ1v) is 9.45. The molecule has 0 aliphatic carbocycles. The van der Waals surface area contributed by atoms with Crippen molar-refractivity contribution >= 4 is 17.2 Å². The van der Waals surface area contributed by atoms with Crippen LogP contribution in [-0.4, -0.2) is 32.2 Å². The van der Waals surface area contributed by atoms with E-state index in [1.807, 2.05) is 55.5 Å². The first kappa shape index (κ1) is 19.5. The van der Waals surface area contributed by atoms with Gasteiger partial charge in [-0.15, -0.1) is 5.10 Å². The summed E-state index contributed by atoms with van der Waals surface area (Å²) in [6.45, 7) is 2.02. The molecule has 0 atom stereocenters. The number of aryl methyl sites for hydroxylation is 1. The van der Waals surface area contributed by atoms with Crippen LogP contribution in [0.4, 0.5) is 5.69 Å². The number of carbonyl (C=O) groups is 1. The summed E-state index contributed by atoms with van der Waals surface area (Å²) in [6.07, 6.45) is 0. The normalized spacial score (nSPS) is 11.0. The van der Waals surface area contributed by atoms with Crippen molar-refractivity contribution in [3.05, 3.63) is 82.4 Å². The molecule has 0 aliphatic rings. The zero-order chi connectivity index (χ0) is 21.1. The average molecular weight is 403 g/mol. The fourth-order valence-corrected chi connectivity index (χ4v) is 3.25. The van der Waals surface area contributed by atoms with Crippen molar-refractivity contribution in [1.29, 1.82) is 0 Å². The molecule has 0 fully saturated rings. The van der Waals surface area contributed by atoms with Gasteiger partial charge in [-0.2, -0.15) is 0 Å². The van der Waals surface area contributed by atoms with Gasteiger partial charge in [-0.25, -0.2) is 18.9 Å². The smallest absolute Gasteiger partial charge is 0.352 e. The molecule has 2 heterocycles. The first-order valence-electron chi connectivity index (χ1n) is 9.45. The standard InChI is InChI=1S/C22H21N5O3/c1-15-7-6-10-17(11-15)23-20(28)13-26-22(29)27-19(25-26)12-18(14-30-2)24-21(27)16-8-4-3-5-9-16/h3-12H,13-14H2,1-2H3,(H,23,28). The Morgan fingerprint density at radius 1 is 1.10 bits per heavy atom. The van der Waals surface area contributed by atoms with E-state index in [2.05, 4.69) is 15.4 Å². The summed E-state index contributed by atoms with van der Waals surface area (Å²) in [5.41, 5.74) is 3.09. The van der Waals surface area contributed by atoms with Crippen LogP contribution in [-0.2, 0) is 22.7 Å². The van der Waals surface area contributed by atoms with Crippen LogP contribution in [0.3, 0.4) is 0 Å². The molecule has 4 rings (SSSR count). The number of anilines is 1. The highest BCUT2D eigenvalue weighted by atomic mass is 16.5. The highest BCUT2D eigenvalue weighted by molar-refractivity contribution is 5.90. The van der Waals surface area contributed by atoms with Gasteiger partial charge >= 0.3 is 5.69 Å². The van der Waals surface area contributed by atoms with E-state index in [1.54, 1.807) is 19.2 Å². The molecule has 0 spiro atoms. The third-order valence-electron chi connectivity index (χ3n) is 4.54. The summed E-state index contributed by atoms with van der Waals surface area (Å²) < 4.78 is 7.75. The summed E-state index contributed by atoms with van der Waals surface area (Å²) in [6, 6.07) is 18.5. The summed E-state index contributed by atoms with van der Waals surface area (Å²) in [7, 11) is 1.58. The van der Waals surface area contributed by atoms with Crippen LogP contribution >= 0.6 is 0 Å². The van der Waals surface area contributed by atoms with Crippen LogP contribution in [0, 0.1) is 6.92 Å². The van der Waals surface area contributed by atoms with Gasteiger partial charge in [0.1, 0.15) is 12.4 Å². The highest BCUT2D eigenvalue weighted by Crippen LogP contribution is 2.18. The number of aromatic nitrogens is 4. The molecule has 0 saturated carbocycles. The molecule has 0 aliphatic heterocycles. The lowest BCUT2D eigenvalue weighted by Gasteiger charge is -2.06. The van der Waals surface area contributed by atoms with Gasteiger partial charge in [-0.1, -0.05) is 42.5 Å². The molecule has 2 aromatic carbocycles. The molecule has 0 unspecified atom stereocenters. The van der Waals surface area contributed by atoms with Gasteiger partial charge in [-0.3, -0.25) is 4.79 Å². The maximum absolute atomic E-state index is 13.0. The van der Waals surface area contributed by atoms with Gasteiger partial charge in [0.15, 0.2) is 5.65 Å². The second kappa shape index (κ2) is 8.30. The second-order valence-electron chi connectivity index (χ2n) is 6.92. The van der Waals surface area contributed by atoms with Gasteiger partial charge in [0.2, 0.25) is 5.91 Å². The van der Waals surface area contributed by atoms with E-state index in [1.165, 1.54) is 4.40 Å². The Labute approximate surface area is 172 Å². The quantitative estimate of drug-likeness (QED) is 0.535. The van der Waals surface area contributed by atoms with Crippen molar-refractivity contribution in [3.8, 4) is 11.4 Å². The number of carbonyl (C=O) groups excluding carboxylic acids is 1. The Balaban J connectivity index is 1.72. The number of rotatable bonds is 6. The van der Waals surface area contributed by atoms with Crippen LogP contribution in [0.15, 0.2) is 65.5 Å². The third-order valence-corrected chi connectivity index (χ3v) is 4.54. The Kier molecular flexibility index (Phi) is 5.40. The minimum Gasteiger partial charge on any atom is -0.378 e. The van der Waals surface area contributed by atoms with Gasteiger partial charge < -0.3 is 10.1 Å². The van der Waals surface area contributed by atoms with E-state index in [-0.39, 0.29) is 19.1 Å². The number of nitrogens with one attached hydrogen (secondary N) is 1. The molecule has 8 nitrogen and oxygen atoms in total. The SMILES string of the molecule is COCc1cc2nn(CC(=O)Nc3cccc(C)c3)c(=O)n2c(-c2ccccc2)n1. The van der Waals surface area contributed by atoms with Gasteiger partial charge in [0, 0.05) is 24.4 Å². The minimum absolute atomic E-state index is 0.206. The number of nitrogens with zero attached hydrogens (tertiary/aromatic N) is 4. The zero-order valence-electron chi connectivity index (χ0n) is 16.7. The molecule has 30 heavy (non-hydrogen) atoms. The maximum Gasteiger partial charge on any atom is 0.352 e. The molecule has 2 aromatic heterocycles. The largest absolute Gasteiger partial charge is 0.378 e. The van der Waals surface area contributed by atoms with Crippen molar-refractivity contribution in [2.45, 2.75) is 20.1 Å². The Hall–Kier alpha value is -3.78. The number of benzene rings is 2. The summed E-state index contributed by atoms with van der Waals surface area (Å²) in [5, 5.41) is 7.15. The summed E-state index contributed by atoms with van der Waals surface area (Å²) in [4.78, 5) is 30.1. The average Bonchev–Trinajstić information content (AvgIpc) is 3.03. The van der Waals surface area contributed by atoms with Gasteiger partial charge in [0.25, 0.3) is 0 Å². The van der Waals surface area contributed by atoms with Crippen molar-refractivity contribution in [2.75, 3.05) is 12.4 Å². The molecule has 1 amide bonds. The summed E-state index contributed by atoms with van der Waals surface area (Å²) >= 11 is 0. The van der Waals surface area contributed by atoms with E-state index in [0.29, 0.717) is 22.9 Å². The molecular weight excluding hydrogens is 382 g/mol. The van der Waals surface area contributed by atoms with Crippen LogP contribution in [0.25, 0.3) is 17.0 Å². The monoisotopic (exact) mass is 403 g/mol. The maximum atomic E-state index is 13.0. The van der Waals surface area contributed by atoms with Crippen molar-refractivity contribution in [3.63, 3.8) is 0 Å². The predicted molar refractivity (Wildman–Crippen MR) is 113 cm³/mol. The molecule has 4 aromatic rings. The predicted octanol–water partition coefficient (Wildman–Crippen LogP) is 2.65. The number of methoxy groups -OCH3 is 1. The molecular formula is C22H21N5O3. The first-order chi connectivity index (χ1) is 14.5. The third kappa shape index (κ3) is 3.99. The lowest BCUT2D eigenvalue weighted by Crippen LogP contribution is -2.28. The zero-order valence-corrected chi connectivity index (χ0v) is 16.7. The van der Waals surface area contributed by atoms with Crippen molar-refractivity contribution in [1.82, 2.24) is 19.2 Å². The van der Waals surface area contributed by atoms with Crippen LogP contribution in [0.1, 0.15) is 11.3 Å². The number of hydrogen-bond donors (Lipinski definition) is 1. The highest BCUT2D eigenvalue weighted by Gasteiger charge is 2.17. The van der Waals surface area contributed by atoms with Crippen LogP contribution < -0.4 is 11.0 Å². The topological polar surface area (TPSA) is 90.5 Å². The molecule has 0 bridgehead atoms. The van der Waals surface area contributed by atoms with E-state index in [9.17, 15) is 9.59 Å². The van der Waals surface area contributed by atoms with E-state index >= 15 is 0 Å². The fourth-order valence-electron chi connectivity index (χ4n) is 3.25. The number of amides is 1. The second-order valence-corrected chi connectivity index (χ2v) is 6.92. The number of hydrogen-bond acceptors (Lipinski definition) is 5. The Bertz CT molecular complexity index is 1260. The van der Waals surface area contributed by atoms with Gasteiger partial charge in [0.05, 0.1) is 12.3 Å². The molecule has 1 N–H and O–H groups in total. The Morgan fingerprint density at radius 3 is 2.63 bits per heavy atom. The van der Waals surface area contributed by atoms with E-state index < -0.39 is 5.69 Å². The number of ether oxygens (including phenoxy) is 1. The minimum atomic E-state index is -0.431. The van der Waals surface area contributed by atoms with Crippen molar-refractivity contribution < 1.29 is 9.53 Å². The van der Waals surface area contributed by atoms with Crippen molar-refractivity contribution in [2.24, 2.45) is 0 Å². The molecule has 0 radical (unpaired) electrons. The van der Waals surface area contributed by atoms with Crippen LogP contribution in [0.5, 0.6) is 0 Å². The lowest BCUT2D eigenvalue weighted by molar-refractivity contribution is -0.117.